The Balaban J connectivity index is 2.72. The molecule has 1 atom stereocenters. The molecular formula is C13H17FN2O3. The number of piperidine rings is 1. The van der Waals surface area contributed by atoms with E-state index in [1.54, 1.807) is 6.08 Å². The van der Waals surface area contributed by atoms with Gasteiger partial charge in [-0.05, 0) is 25.8 Å². The average molecular weight is 268 g/mol. The lowest BCUT2D eigenvalue weighted by Crippen LogP contribution is -2.52. The number of nitrogens with one attached hydrogen (secondary N) is 2. The van der Waals surface area contributed by atoms with Crippen LogP contribution in [-0.2, 0) is 14.4 Å². The van der Waals surface area contributed by atoms with Gasteiger partial charge in [-0.15, -0.1) is 0 Å². The van der Waals surface area contributed by atoms with Crippen molar-refractivity contribution in [3.05, 3.63) is 23.6 Å². The zero-order valence-electron chi connectivity index (χ0n) is 11.0. The Labute approximate surface area is 110 Å². The van der Waals surface area contributed by atoms with E-state index in [0.717, 1.165) is 6.08 Å². The van der Waals surface area contributed by atoms with Gasteiger partial charge in [-0.2, -0.15) is 0 Å². The number of imide groups is 1. The van der Waals surface area contributed by atoms with E-state index >= 15 is 0 Å². The summed E-state index contributed by atoms with van der Waals surface area (Å²) >= 11 is 0. The molecule has 6 heteroatoms. The highest BCUT2D eigenvalue weighted by atomic mass is 19.1. The Kier molecular flexibility index (Phi) is 5.41. The van der Waals surface area contributed by atoms with Gasteiger partial charge in [-0.25, -0.2) is 4.39 Å². The number of allylic oxidation sites excluding steroid dienone is 2. The normalized spacial score (nSPS) is 21.1. The van der Waals surface area contributed by atoms with Gasteiger partial charge in [0, 0.05) is 12.0 Å². The number of carbonyl (C=O) groups is 3. The molecule has 3 amide bonds. The van der Waals surface area contributed by atoms with E-state index in [0.29, 0.717) is 6.42 Å². The lowest BCUT2D eigenvalue weighted by atomic mass is 10.1. The van der Waals surface area contributed by atoms with E-state index in [2.05, 4.69) is 10.6 Å². The largest absolute Gasteiger partial charge is 0.340 e. The molecule has 5 nitrogen and oxygen atoms in total. The summed E-state index contributed by atoms with van der Waals surface area (Å²) in [7, 11) is 0. The van der Waals surface area contributed by atoms with E-state index in [-0.39, 0.29) is 24.3 Å². The van der Waals surface area contributed by atoms with Gasteiger partial charge in [0.1, 0.15) is 6.04 Å². The van der Waals surface area contributed by atoms with Crippen LogP contribution in [0.4, 0.5) is 4.39 Å². The van der Waals surface area contributed by atoms with Gasteiger partial charge in [0.2, 0.25) is 11.8 Å². The van der Waals surface area contributed by atoms with Crippen LogP contribution in [0.2, 0.25) is 0 Å². The van der Waals surface area contributed by atoms with Gasteiger partial charge in [0.05, 0.1) is 5.83 Å². The molecule has 2 N–H and O–H groups in total. The number of carbonyl (C=O) groups excluding carboxylic acids is 3. The van der Waals surface area contributed by atoms with Crippen molar-refractivity contribution in [1.82, 2.24) is 10.6 Å². The quantitative estimate of drug-likeness (QED) is 0.456. The van der Waals surface area contributed by atoms with Crippen molar-refractivity contribution in [1.29, 1.82) is 0 Å². The van der Waals surface area contributed by atoms with E-state index in [1.165, 1.54) is 6.92 Å². The third-order valence-corrected chi connectivity index (χ3v) is 2.59. The fourth-order valence-electron chi connectivity index (χ4n) is 1.72. The Morgan fingerprint density at radius 2 is 2.21 bits per heavy atom. The first kappa shape index (κ1) is 15.1. The topological polar surface area (TPSA) is 75.3 Å². The predicted octanol–water partition coefficient (Wildman–Crippen LogP) is 1.12. The minimum absolute atomic E-state index is 0.173. The van der Waals surface area contributed by atoms with Crippen molar-refractivity contribution in [2.75, 3.05) is 0 Å². The van der Waals surface area contributed by atoms with Crippen molar-refractivity contribution < 1.29 is 18.8 Å². The highest BCUT2D eigenvalue weighted by Crippen LogP contribution is 2.09. The second-order valence-corrected chi connectivity index (χ2v) is 4.28. The van der Waals surface area contributed by atoms with Gasteiger partial charge < -0.3 is 5.32 Å². The Morgan fingerprint density at radius 3 is 2.74 bits per heavy atom. The van der Waals surface area contributed by atoms with E-state index < -0.39 is 23.7 Å². The smallest absolute Gasteiger partial charge is 0.251 e. The zero-order chi connectivity index (χ0) is 14.4. The van der Waals surface area contributed by atoms with Gasteiger partial charge in [0.25, 0.3) is 5.91 Å². The number of amides is 3. The van der Waals surface area contributed by atoms with Crippen molar-refractivity contribution in [2.45, 2.75) is 39.2 Å². The molecular weight excluding hydrogens is 251 g/mol. The fourth-order valence-corrected chi connectivity index (χ4v) is 1.72. The van der Waals surface area contributed by atoms with Gasteiger partial charge in [0.15, 0.2) is 0 Å². The fraction of sp³-hybridized carbons (Fsp3) is 0.462. The molecule has 1 fully saturated rings. The standard InChI is InChI=1S/C13H17FN2O3/c1-3-4-9(7-8(2)14)12(18)15-10-5-6-11(17)16-13(10)19/h4,7,10H,3,5-6H2,1-2H3,(H,15,18)(H,16,17,19)/b8-7?,9-4+. The van der Waals surface area contributed by atoms with Crippen LogP contribution in [0.5, 0.6) is 0 Å². The summed E-state index contributed by atoms with van der Waals surface area (Å²) in [6.07, 6.45) is 3.70. The van der Waals surface area contributed by atoms with Crippen LogP contribution in [0, 0.1) is 0 Å². The minimum atomic E-state index is -0.751. The number of hydrogen-bond acceptors (Lipinski definition) is 3. The molecule has 1 unspecified atom stereocenters. The first-order valence-electron chi connectivity index (χ1n) is 6.12. The molecule has 1 aliphatic rings. The molecule has 19 heavy (non-hydrogen) atoms. The Hall–Kier alpha value is -1.98. The second-order valence-electron chi connectivity index (χ2n) is 4.28. The maximum atomic E-state index is 12.9. The Morgan fingerprint density at radius 1 is 1.53 bits per heavy atom. The third-order valence-electron chi connectivity index (χ3n) is 2.59. The number of rotatable bonds is 4. The molecule has 1 saturated heterocycles. The van der Waals surface area contributed by atoms with Crippen molar-refractivity contribution in [3.63, 3.8) is 0 Å². The van der Waals surface area contributed by atoms with Gasteiger partial charge in [-0.1, -0.05) is 13.0 Å². The highest BCUT2D eigenvalue weighted by Gasteiger charge is 2.28. The van der Waals surface area contributed by atoms with Gasteiger partial charge in [-0.3, -0.25) is 19.7 Å². The highest BCUT2D eigenvalue weighted by molar-refractivity contribution is 6.04. The van der Waals surface area contributed by atoms with Crippen LogP contribution in [0.25, 0.3) is 0 Å². The van der Waals surface area contributed by atoms with Crippen LogP contribution in [0.1, 0.15) is 33.1 Å². The zero-order valence-corrected chi connectivity index (χ0v) is 11.0. The maximum Gasteiger partial charge on any atom is 0.251 e. The molecule has 104 valence electrons. The van der Waals surface area contributed by atoms with Crippen molar-refractivity contribution >= 4 is 17.7 Å². The van der Waals surface area contributed by atoms with Crippen molar-refractivity contribution in [2.24, 2.45) is 0 Å². The summed E-state index contributed by atoms with van der Waals surface area (Å²) in [6.45, 7) is 3.06. The third kappa shape index (κ3) is 4.65. The molecule has 0 aromatic heterocycles. The van der Waals surface area contributed by atoms with Crippen LogP contribution in [0.3, 0.4) is 0 Å². The van der Waals surface area contributed by atoms with Crippen LogP contribution in [-0.4, -0.2) is 23.8 Å². The summed E-state index contributed by atoms with van der Waals surface area (Å²) in [5.74, 6) is -1.88. The van der Waals surface area contributed by atoms with Crippen LogP contribution >= 0.6 is 0 Å². The molecule has 0 radical (unpaired) electrons. The maximum absolute atomic E-state index is 12.9. The van der Waals surface area contributed by atoms with Crippen LogP contribution < -0.4 is 10.6 Å². The molecule has 0 saturated carbocycles. The van der Waals surface area contributed by atoms with Crippen molar-refractivity contribution in [3.8, 4) is 0 Å². The lowest BCUT2D eigenvalue weighted by molar-refractivity contribution is -0.136. The molecule has 0 aromatic rings. The summed E-state index contributed by atoms with van der Waals surface area (Å²) in [6, 6.07) is -0.751. The first-order chi connectivity index (χ1) is 8.93. The number of halogens is 1. The Bertz CT molecular complexity index is 451. The summed E-state index contributed by atoms with van der Waals surface area (Å²) < 4.78 is 12.9. The summed E-state index contributed by atoms with van der Waals surface area (Å²) in [5, 5.41) is 4.64. The first-order valence-corrected chi connectivity index (χ1v) is 6.12. The average Bonchev–Trinajstić information content (AvgIpc) is 2.31. The SMILES string of the molecule is CC/C=C(\C=C(C)F)C(=O)NC1CCC(=O)NC1=O. The molecule has 0 aromatic carbocycles. The van der Waals surface area contributed by atoms with E-state index in [4.69, 9.17) is 0 Å². The monoisotopic (exact) mass is 268 g/mol. The molecule has 0 spiro atoms. The summed E-state index contributed by atoms with van der Waals surface area (Å²) in [5.41, 5.74) is 0.173. The minimum Gasteiger partial charge on any atom is -0.340 e. The van der Waals surface area contributed by atoms with Crippen LogP contribution in [0.15, 0.2) is 23.6 Å². The van der Waals surface area contributed by atoms with E-state index in [9.17, 15) is 18.8 Å². The van der Waals surface area contributed by atoms with E-state index in [1.807, 2.05) is 6.92 Å². The molecule has 0 bridgehead atoms. The molecule has 0 aliphatic carbocycles. The molecule has 1 heterocycles. The second kappa shape index (κ2) is 6.82. The number of hydrogen-bond donors (Lipinski definition) is 2. The molecule has 1 rings (SSSR count). The molecule has 1 aliphatic heterocycles. The predicted molar refractivity (Wildman–Crippen MR) is 67.6 cm³/mol. The lowest BCUT2D eigenvalue weighted by Gasteiger charge is -2.22. The summed E-state index contributed by atoms with van der Waals surface area (Å²) in [4.78, 5) is 34.4. The van der Waals surface area contributed by atoms with Gasteiger partial charge >= 0.3 is 0 Å².